The Morgan fingerprint density at radius 1 is 1.30 bits per heavy atom. The second kappa shape index (κ2) is 9.97. The van der Waals surface area contributed by atoms with Crippen LogP contribution in [0.2, 0.25) is 0 Å². The third-order valence-corrected chi connectivity index (χ3v) is 7.63. The van der Waals surface area contributed by atoms with Crippen molar-refractivity contribution in [1.29, 1.82) is 0 Å². The van der Waals surface area contributed by atoms with E-state index < -0.39 is 10.7 Å². The number of carbonyl (C=O) groups is 1. The van der Waals surface area contributed by atoms with Crippen LogP contribution in [0.25, 0.3) is 0 Å². The van der Waals surface area contributed by atoms with Gasteiger partial charge in [0, 0.05) is 17.0 Å². The van der Waals surface area contributed by atoms with E-state index in [1.165, 1.54) is 0 Å². The van der Waals surface area contributed by atoms with Crippen molar-refractivity contribution in [2.45, 2.75) is 64.8 Å². The van der Waals surface area contributed by atoms with Crippen LogP contribution in [0.15, 0.2) is 63.6 Å². The summed E-state index contributed by atoms with van der Waals surface area (Å²) in [6, 6.07) is 9.92. The van der Waals surface area contributed by atoms with Crippen molar-refractivity contribution in [2.24, 2.45) is 10.4 Å². The lowest BCUT2D eigenvalue weighted by atomic mass is 9.82. The summed E-state index contributed by atoms with van der Waals surface area (Å²) in [5.41, 5.74) is 0.323. The van der Waals surface area contributed by atoms with Crippen molar-refractivity contribution in [3.8, 4) is 0 Å². The van der Waals surface area contributed by atoms with Crippen LogP contribution < -0.4 is 4.72 Å². The second-order valence-corrected chi connectivity index (χ2v) is 10.8. The number of amides is 1. The maximum Gasteiger partial charge on any atom is 0.264 e. The molecule has 0 radical (unpaired) electrons. The van der Waals surface area contributed by atoms with Crippen molar-refractivity contribution in [3.05, 3.63) is 53.7 Å². The molecular formula is C24H34ClN3OS. The first kappa shape index (κ1) is 24.4. The van der Waals surface area contributed by atoms with Gasteiger partial charge in [-0.3, -0.25) is 9.52 Å². The fourth-order valence-corrected chi connectivity index (χ4v) is 5.29. The van der Waals surface area contributed by atoms with Crippen molar-refractivity contribution >= 4 is 39.4 Å². The Labute approximate surface area is 189 Å². The average Bonchev–Trinajstić information content (AvgIpc) is 2.99. The summed E-state index contributed by atoms with van der Waals surface area (Å²) in [5.74, 6) is 0.311. The summed E-state index contributed by atoms with van der Waals surface area (Å²) in [4.78, 5) is 21.0. The molecule has 0 saturated carbocycles. The molecule has 4 nitrogen and oxygen atoms in total. The molecular weight excluding hydrogens is 414 g/mol. The molecule has 30 heavy (non-hydrogen) atoms. The molecule has 1 unspecified atom stereocenters. The van der Waals surface area contributed by atoms with Crippen molar-refractivity contribution < 1.29 is 4.79 Å². The van der Waals surface area contributed by atoms with Crippen LogP contribution in [0.3, 0.4) is 0 Å². The zero-order valence-electron chi connectivity index (χ0n) is 19.0. The number of hydrogen-bond acceptors (Lipinski definition) is 2. The molecule has 6 heteroatoms. The monoisotopic (exact) mass is 447 g/mol. The quantitative estimate of drug-likeness (QED) is 0.187. The lowest BCUT2D eigenvalue weighted by Gasteiger charge is -2.34. The molecule has 1 saturated heterocycles. The van der Waals surface area contributed by atoms with Gasteiger partial charge < -0.3 is 4.90 Å². The highest BCUT2D eigenvalue weighted by Crippen LogP contribution is 2.44. The number of benzene rings is 1. The lowest BCUT2D eigenvalue weighted by Crippen LogP contribution is -2.45. The Morgan fingerprint density at radius 3 is 2.43 bits per heavy atom. The summed E-state index contributed by atoms with van der Waals surface area (Å²) in [7, 11) is -0.521. The number of nitrogens with zero attached hydrogens (tertiary/aromatic N) is 2. The van der Waals surface area contributed by atoms with Gasteiger partial charge in [0.2, 0.25) is 0 Å². The van der Waals surface area contributed by atoms with E-state index in [-0.39, 0.29) is 16.9 Å². The summed E-state index contributed by atoms with van der Waals surface area (Å²) in [6.45, 7) is 17.6. The van der Waals surface area contributed by atoms with Crippen molar-refractivity contribution in [3.63, 3.8) is 0 Å². The van der Waals surface area contributed by atoms with Crippen LogP contribution in [0.4, 0.5) is 0 Å². The first-order valence-corrected chi connectivity index (χ1v) is 12.0. The highest BCUT2D eigenvalue weighted by molar-refractivity contribution is 8.13. The average molecular weight is 448 g/mol. The maximum atomic E-state index is 13.2. The number of aliphatic imine (C=N–C) groups is 1. The fraction of sp³-hybridized carbons (Fsp3) is 0.458. The van der Waals surface area contributed by atoms with Crippen LogP contribution in [-0.4, -0.2) is 34.1 Å². The SMILES string of the molecule is C=C(C(=O)N/S(=C/C)c1ccccc1)C(=N/C(Cl)=C\C)N1C[C@@](C)(CC)CC1(C)C. The van der Waals surface area contributed by atoms with Crippen molar-refractivity contribution in [2.75, 3.05) is 6.54 Å². The van der Waals surface area contributed by atoms with Gasteiger partial charge in [0.1, 0.15) is 11.0 Å². The zero-order valence-corrected chi connectivity index (χ0v) is 20.5. The van der Waals surface area contributed by atoms with Crippen LogP contribution >= 0.6 is 22.3 Å². The first-order chi connectivity index (χ1) is 14.1. The summed E-state index contributed by atoms with van der Waals surface area (Å²) in [6.07, 6.45) is 3.79. The van der Waals surface area contributed by atoms with Crippen LogP contribution in [0, 0.1) is 5.41 Å². The van der Waals surface area contributed by atoms with Gasteiger partial charge in [0.15, 0.2) is 0 Å². The van der Waals surface area contributed by atoms with Gasteiger partial charge >= 0.3 is 0 Å². The molecule has 1 aromatic rings. The molecule has 0 spiro atoms. The Bertz CT molecular complexity index is 889. The van der Waals surface area contributed by atoms with Crippen LogP contribution in [0.1, 0.15) is 54.4 Å². The molecule has 1 heterocycles. The van der Waals surface area contributed by atoms with E-state index in [4.69, 9.17) is 11.6 Å². The third-order valence-electron chi connectivity index (χ3n) is 5.67. The van der Waals surface area contributed by atoms with Gasteiger partial charge in [-0.2, -0.15) is 0 Å². The molecule has 1 amide bonds. The smallest absolute Gasteiger partial charge is 0.264 e. The zero-order chi connectivity index (χ0) is 22.5. The van der Waals surface area contributed by atoms with Gasteiger partial charge in [-0.1, -0.05) is 67.0 Å². The minimum absolute atomic E-state index is 0.148. The lowest BCUT2D eigenvalue weighted by molar-refractivity contribution is -0.115. The predicted molar refractivity (Wildman–Crippen MR) is 132 cm³/mol. The fourth-order valence-electron chi connectivity index (χ4n) is 3.93. The largest absolute Gasteiger partial charge is 0.350 e. The number of likely N-dealkylation sites (tertiary alicyclic amines) is 1. The standard InChI is InChI=1S/C24H34ClN3OS/c1-8-20(25)26-21(28-17-24(7,9-2)16-23(28,5)6)18(4)22(29)27-30(10-3)19-14-12-11-13-15-19/h8,10-15H,4,9,16-17H2,1-3,5-7H3,(H,27,29)/b20-8-,26-21?/t24-,30?/m0/s1. The Kier molecular flexibility index (Phi) is 8.12. The van der Waals surface area contributed by atoms with E-state index in [1.54, 1.807) is 6.08 Å². The Hall–Kier alpha value is -1.85. The number of amidine groups is 1. The van der Waals surface area contributed by atoms with E-state index in [1.807, 2.05) is 49.5 Å². The highest BCUT2D eigenvalue weighted by atomic mass is 35.5. The normalized spacial score (nSPS) is 22.8. The predicted octanol–water partition coefficient (Wildman–Crippen LogP) is 6.12. The van der Waals surface area contributed by atoms with Gasteiger partial charge in [-0.15, -0.1) is 0 Å². The van der Waals surface area contributed by atoms with Gasteiger partial charge in [0.25, 0.3) is 5.91 Å². The maximum absolute atomic E-state index is 13.2. The number of hydrogen-bond donors (Lipinski definition) is 1. The van der Waals surface area contributed by atoms with Gasteiger partial charge in [-0.25, -0.2) is 4.99 Å². The minimum Gasteiger partial charge on any atom is -0.350 e. The first-order valence-electron chi connectivity index (χ1n) is 10.3. The topological polar surface area (TPSA) is 44.7 Å². The number of allylic oxidation sites excluding steroid dienone is 1. The van der Waals surface area contributed by atoms with Crippen LogP contribution in [0.5, 0.6) is 0 Å². The van der Waals surface area contributed by atoms with Crippen LogP contribution in [-0.2, 0) is 4.79 Å². The molecule has 1 aromatic carbocycles. The van der Waals surface area contributed by atoms with Crippen molar-refractivity contribution in [1.82, 2.24) is 9.62 Å². The molecule has 164 valence electrons. The van der Waals surface area contributed by atoms with Gasteiger partial charge in [0.05, 0.1) is 5.57 Å². The minimum atomic E-state index is -0.521. The molecule has 2 rings (SSSR count). The summed E-state index contributed by atoms with van der Waals surface area (Å²) >= 11 is 6.28. The molecule has 0 aromatic heterocycles. The highest BCUT2D eigenvalue weighted by Gasteiger charge is 2.46. The molecule has 2 atom stereocenters. The number of halogens is 1. The Morgan fingerprint density at radius 2 is 1.93 bits per heavy atom. The Balaban J connectivity index is 2.37. The summed E-state index contributed by atoms with van der Waals surface area (Å²) in [5, 5.41) is 2.34. The molecule has 1 aliphatic rings. The number of carbonyl (C=O) groups excluding carboxylic acids is 1. The number of rotatable bonds is 6. The molecule has 1 aliphatic heterocycles. The van der Waals surface area contributed by atoms with E-state index in [0.717, 1.165) is 24.3 Å². The number of nitrogens with one attached hydrogen (secondary N) is 1. The van der Waals surface area contributed by atoms with E-state index in [0.29, 0.717) is 16.6 Å². The molecule has 1 N–H and O–H groups in total. The third kappa shape index (κ3) is 5.64. The molecule has 1 fully saturated rings. The molecule has 0 aliphatic carbocycles. The van der Waals surface area contributed by atoms with E-state index in [9.17, 15) is 4.79 Å². The van der Waals surface area contributed by atoms with E-state index >= 15 is 0 Å². The van der Waals surface area contributed by atoms with E-state index in [2.05, 4.69) is 48.9 Å². The molecule has 0 bridgehead atoms. The summed E-state index contributed by atoms with van der Waals surface area (Å²) < 4.78 is 3.10. The second-order valence-electron chi connectivity index (χ2n) is 8.58. The van der Waals surface area contributed by atoms with Gasteiger partial charge in [-0.05, 0) is 63.5 Å².